The second-order valence-electron chi connectivity index (χ2n) is 5.96. The first-order chi connectivity index (χ1) is 11.0. The highest BCUT2D eigenvalue weighted by molar-refractivity contribution is 5.86. The van der Waals surface area contributed by atoms with Crippen molar-refractivity contribution in [2.24, 2.45) is 0 Å². The number of phenols is 2. The third-order valence-electron chi connectivity index (χ3n) is 3.73. The fourth-order valence-electron chi connectivity index (χ4n) is 2.33. The average molecular weight is 320 g/mol. The van der Waals surface area contributed by atoms with Crippen molar-refractivity contribution >= 4 is 5.97 Å². The standard InChI is InChI=1S/C19H28O4/c1-15(2)19(22)23-13-9-7-5-3-4-6-8-10-16-11-12-17(20)18(21)14-16/h11-12,14,20-21H,1,3-10,13H2,2H3. The van der Waals surface area contributed by atoms with Crippen LogP contribution in [-0.2, 0) is 16.0 Å². The molecule has 23 heavy (non-hydrogen) atoms. The van der Waals surface area contributed by atoms with Gasteiger partial charge in [0.2, 0.25) is 0 Å². The fourth-order valence-corrected chi connectivity index (χ4v) is 2.33. The molecule has 0 atom stereocenters. The van der Waals surface area contributed by atoms with E-state index in [1.807, 2.05) is 6.07 Å². The Hall–Kier alpha value is -1.97. The van der Waals surface area contributed by atoms with Gasteiger partial charge in [0.25, 0.3) is 0 Å². The van der Waals surface area contributed by atoms with Crippen molar-refractivity contribution in [3.05, 3.63) is 35.9 Å². The molecule has 1 rings (SSSR count). The molecule has 0 heterocycles. The summed E-state index contributed by atoms with van der Waals surface area (Å²) in [6.45, 7) is 5.68. The maximum Gasteiger partial charge on any atom is 0.333 e. The summed E-state index contributed by atoms with van der Waals surface area (Å²) in [5, 5.41) is 18.7. The maximum absolute atomic E-state index is 11.2. The predicted octanol–water partition coefficient (Wildman–Crippen LogP) is 4.49. The monoisotopic (exact) mass is 320 g/mol. The Morgan fingerprint density at radius 3 is 2.22 bits per heavy atom. The molecular weight excluding hydrogens is 292 g/mol. The number of esters is 1. The van der Waals surface area contributed by atoms with Crippen molar-refractivity contribution in [2.45, 2.75) is 58.3 Å². The molecule has 0 amide bonds. The Morgan fingerprint density at radius 1 is 1.00 bits per heavy atom. The second kappa shape index (κ2) is 10.7. The normalized spacial score (nSPS) is 10.5. The van der Waals surface area contributed by atoms with Crippen molar-refractivity contribution in [3.8, 4) is 11.5 Å². The van der Waals surface area contributed by atoms with Gasteiger partial charge in [0, 0.05) is 5.57 Å². The van der Waals surface area contributed by atoms with E-state index < -0.39 is 0 Å². The van der Waals surface area contributed by atoms with E-state index >= 15 is 0 Å². The van der Waals surface area contributed by atoms with Crippen LogP contribution in [-0.4, -0.2) is 22.8 Å². The van der Waals surface area contributed by atoms with E-state index in [0.717, 1.165) is 44.1 Å². The van der Waals surface area contributed by atoms with Crippen LogP contribution in [0, 0.1) is 0 Å². The molecule has 0 saturated heterocycles. The van der Waals surface area contributed by atoms with Crippen LogP contribution in [0.5, 0.6) is 11.5 Å². The minimum absolute atomic E-state index is 0.0464. The zero-order valence-electron chi connectivity index (χ0n) is 14.0. The topological polar surface area (TPSA) is 66.8 Å². The van der Waals surface area contributed by atoms with Gasteiger partial charge in [-0.15, -0.1) is 0 Å². The molecule has 0 unspecified atom stereocenters. The molecule has 0 aliphatic rings. The number of benzene rings is 1. The molecule has 2 N–H and O–H groups in total. The summed E-state index contributed by atoms with van der Waals surface area (Å²) < 4.78 is 5.04. The van der Waals surface area contributed by atoms with Crippen LogP contribution >= 0.6 is 0 Å². The smallest absolute Gasteiger partial charge is 0.333 e. The molecule has 0 bridgehead atoms. The van der Waals surface area contributed by atoms with Gasteiger partial charge in [-0.1, -0.05) is 44.7 Å². The van der Waals surface area contributed by atoms with Gasteiger partial charge in [0.15, 0.2) is 11.5 Å². The van der Waals surface area contributed by atoms with Crippen molar-refractivity contribution in [2.75, 3.05) is 6.61 Å². The highest BCUT2D eigenvalue weighted by atomic mass is 16.5. The molecule has 128 valence electrons. The van der Waals surface area contributed by atoms with Gasteiger partial charge in [0.05, 0.1) is 6.61 Å². The van der Waals surface area contributed by atoms with Gasteiger partial charge in [0.1, 0.15) is 0 Å². The molecule has 4 nitrogen and oxygen atoms in total. The van der Waals surface area contributed by atoms with Crippen molar-refractivity contribution < 1.29 is 19.7 Å². The van der Waals surface area contributed by atoms with Gasteiger partial charge in [-0.25, -0.2) is 4.79 Å². The molecule has 4 heteroatoms. The Morgan fingerprint density at radius 2 is 1.61 bits per heavy atom. The Labute approximate surface area is 138 Å². The maximum atomic E-state index is 11.2. The highest BCUT2D eigenvalue weighted by Crippen LogP contribution is 2.25. The van der Waals surface area contributed by atoms with Gasteiger partial charge in [-0.2, -0.15) is 0 Å². The lowest BCUT2D eigenvalue weighted by Crippen LogP contribution is -2.05. The molecule has 0 aliphatic heterocycles. The summed E-state index contributed by atoms with van der Waals surface area (Å²) in [4.78, 5) is 11.2. The molecular formula is C19H28O4. The van der Waals surface area contributed by atoms with Crippen LogP contribution in [0.15, 0.2) is 30.4 Å². The molecule has 0 aromatic heterocycles. The average Bonchev–Trinajstić information content (AvgIpc) is 2.52. The quantitative estimate of drug-likeness (QED) is 0.273. The number of hydrogen-bond acceptors (Lipinski definition) is 4. The molecule has 1 aromatic rings. The lowest BCUT2D eigenvalue weighted by atomic mass is 10.0. The number of phenolic OH excluding ortho intramolecular Hbond substituents is 2. The first kappa shape index (κ1) is 19.1. The van der Waals surface area contributed by atoms with Crippen LogP contribution in [0.2, 0.25) is 0 Å². The minimum Gasteiger partial charge on any atom is -0.504 e. The number of unbranched alkanes of at least 4 members (excludes halogenated alkanes) is 6. The number of aryl methyl sites for hydroxylation is 1. The number of carbonyl (C=O) groups excluding carboxylic acids is 1. The lowest BCUT2D eigenvalue weighted by Gasteiger charge is -2.05. The van der Waals surface area contributed by atoms with Gasteiger partial charge in [-0.3, -0.25) is 0 Å². The van der Waals surface area contributed by atoms with E-state index in [2.05, 4.69) is 6.58 Å². The zero-order chi connectivity index (χ0) is 17.1. The molecule has 0 fully saturated rings. The molecule has 0 saturated carbocycles. The second-order valence-corrected chi connectivity index (χ2v) is 5.96. The SMILES string of the molecule is C=C(C)C(=O)OCCCCCCCCCc1ccc(O)c(O)c1. The van der Waals surface area contributed by atoms with E-state index in [4.69, 9.17) is 4.74 Å². The van der Waals surface area contributed by atoms with E-state index in [0.29, 0.717) is 12.2 Å². The third kappa shape index (κ3) is 8.29. The van der Waals surface area contributed by atoms with E-state index in [1.54, 1.807) is 13.0 Å². The first-order valence-corrected chi connectivity index (χ1v) is 8.34. The Kier molecular flexibility index (Phi) is 8.88. The number of ether oxygens (including phenoxy) is 1. The summed E-state index contributed by atoms with van der Waals surface area (Å²) in [5.74, 6) is -0.414. The van der Waals surface area contributed by atoms with Crippen LogP contribution < -0.4 is 0 Å². The molecule has 1 aromatic carbocycles. The van der Waals surface area contributed by atoms with Gasteiger partial charge < -0.3 is 14.9 Å². The van der Waals surface area contributed by atoms with Crippen molar-refractivity contribution in [3.63, 3.8) is 0 Å². The summed E-state index contributed by atoms with van der Waals surface area (Å²) in [6, 6.07) is 5.01. The molecule has 0 radical (unpaired) electrons. The van der Waals surface area contributed by atoms with Crippen molar-refractivity contribution in [1.82, 2.24) is 0 Å². The van der Waals surface area contributed by atoms with Crippen LogP contribution in [0.3, 0.4) is 0 Å². The summed E-state index contributed by atoms with van der Waals surface area (Å²) in [5.41, 5.74) is 1.51. The van der Waals surface area contributed by atoms with Crippen molar-refractivity contribution in [1.29, 1.82) is 0 Å². The van der Waals surface area contributed by atoms with E-state index in [-0.39, 0.29) is 17.5 Å². The third-order valence-corrected chi connectivity index (χ3v) is 3.73. The Bertz CT molecular complexity index is 508. The lowest BCUT2D eigenvalue weighted by molar-refractivity contribution is -0.139. The minimum atomic E-state index is -0.301. The number of aromatic hydroxyl groups is 2. The molecule has 0 spiro atoms. The fraction of sp³-hybridized carbons (Fsp3) is 0.526. The first-order valence-electron chi connectivity index (χ1n) is 8.34. The molecule has 0 aliphatic carbocycles. The van der Waals surface area contributed by atoms with E-state index in [9.17, 15) is 15.0 Å². The number of rotatable bonds is 11. The predicted molar refractivity (Wildman–Crippen MR) is 91.6 cm³/mol. The van der Waals surface area contributed by atoms with Gasteiger partial charge >= 0.3 is 5.97 Å². The zero-order valence-corrected chi connectivity index (χ0v) is 14.0. The largest absolute Gasteiger partial charge is 0.504 e. The van der Waals surface area contributed by atoms with Crippen LogP contribution in [0.25, 0.3) is 0 Å². The summed E-state index contributed by atoms with van der Waals surface area (Å²) >= 11 is 0. The Balaban J connectivity index is 1.94. The van der Waals surface area contributed by atoms with Crippen LogP contribution in [0.1, 0.15) is 57.4 Å². The number of carbonyl (C=O) groups is 1. The summed E-state index contributed by atoms with van der Waals surface area (Å²) in [6.07, 6.45) is 8.69. The summed E-state index contributed by atoms with van der Waals surface area (Å²) in [7, 11) is 0. The van der Waals surface area contributed by atoms with E-state index in [1.165, 1.54) is 18.9 Å². The van der Waals surface area contributed by atoms with Crippen LogP contribution in [0.4, 0.5) is 0 Å². The highest BCUT2D eigenvalue weighted by Gasteiger charge is 2.02. The van der Waals surface area contributed by atoms with Gasteiger partial charge in [-0.05, 0) is 43.9 Å². The number of hydrogen-bond donors (Lipinski definition) is 2.